The van der Waals surface area contributed by atoms with Gasteiger partial charge in [0.2, 0.25) is 41.1 Å². The molecule has 22 atom stereocenters. The van der Waals surface area contributed by atoms with Crippen molar-refractivity contribution in [2.45, 2.75) is 421 Å². The maximum Gasteiger partial charge on any atom is 0.246 e. The van der Waals surface area contributed by atoms with Crippen LogP contribution in [0.2, 0.25) is 37.3 Å². The van der Waals surface area contributed by atoms with Gasteiger partial charge in [0.15, 0.2) is 20.9 Å². The standard InChI is InChI=1S/C21H40N2O5Si.2C20H39NO5Si.C16H28N3O5P.C15H35NOSi.V/c1-6-16(3)21(5,17(4)7-2)28-29-13-9-8-11-23-20(24)15-26-18-10-12-25-19(18)14-27-22;2*1-6-15(3)20(5,16(4)7-2)26-27-13-9-8-11-21-18(22)14-25-17-10-12-24-19(17)23;1-12-14(24-25(21)22)11-15(23-12)19-10-8-13(18-16(19)20)7-5-3-4-6-9-17-2;1-8-13(3)15(5,14(4)9-2)17-18(6,7)12-10-11-16;/h16-19H,6-15H2,1-5H3,(H,23,24);2*15-17,19,23H,6-14H2,1-5H3,(H,21,22);8,10,12-15,17H,3-7,9,11H2,1-2H3,(H,18,20);13-14H,8-12,16H2,1-7H3;/i3*12T;;;. The first-order valence-electron chi connectivity index (χ1n) is 49.9. The Labute approximate surface area is 792 Å². The minimum Gasteiger partial charge on any atom is -0.412 e. The summed E-state index contributed by atoms with van der Waals surface area (Å²) in [5.74, 6) is 3.84. The largest absolute Gasteiger partial charge is 0.412 e. The van der Waals surface area contributed by atoms with Crippen LogP contribution < -0.4 is 37.2 Å². The number of carbonyl (C=O) groups is 4. The Kier molecular flexibility index (Phi) is 64.5. The smallest absolute Gasteiger partial charge is 0.246 e. The van der Waals surface area contributed by atoms with Crippen LogP contribution in [0.15, 0.2) is 16.2 Å². The number of nitrogens with one attached hydrogen (secondary N) is 5. The van der Waals surface area contributed by atoms with Crippen molar-refractivity contribution in [1.82, 2.24) is 31.5 Å². The fourth-order valence-electron chi connectivity index (χ4n) is 15.4. The molecule has 0 spiro atoms. The molecule has 9 N–H and O–H groups in total. The second-order valence-electron chi connectivity index (χ2n) is 36.5. The first-order chi connectivity index (χ1) is 61.5. The van der Waals surface area contributed by atoms with Crippen molar-refractivity contribution in [3.05, 3.63) is 12.3 Å². The van der Waals surface area contributed by atoms with Crippen LogP contribution in [0.25, 0.3) is 0 Å². The Morgan fingerprint density at radius 2 is 0.984 bits per heavy atom. The number of hydrogen-bond donors (Lipinski definition) is 8. The molecule has 0 aromatic carbocycles. The van der Waals surface area contributed by atoms with E-state index < -0.39 is 73.4 Å². The molecule has 35 heteroatoms. The molecular weight excluding hydrogens is 1750 g/mol. The molecule has 5 aliphatic rings. The summed E-state index contributed by atoms with van der Waals surface area (Å²) in [5.41, 5.74) is 5.45. The molecule has 5 aliphatic heterocycles. The van der Waals surface area contributed by atoms with Gasteiger partial charge in [-0.15, -0.1) is 4.52 Å². The second-order valence-corrected chi connectivity index (χ2v) is 44.6. The third-order valence-corrected chi connectivity index (χ3v) is 33.7. The average molecular weight is 1940 g/mol. The Morgan fingerprint density at radius 3 is 1.35 bits per heavy atom. The van der Waals surface area contributed by atoms with Crippen LogP contribution in [0.5, 0.6) is 0 Å². The molecule has 0 aliphatic carbocycles. The van der Waals surface area contributed by atoms with E-state index in [2.05, 4.69) is 182 Å². The van der Waals surface area contributed by atoms with Gasteiger partial charge in [0.05, 0.1) is 50.5 Å². The zero-order chi connectivity index (χ0) is 98.2. The van der Waals surface area contributed by atoms with Crippen molar-refractivity contribution >= 4 is 69.6 Å². The average Bonchev–Trinajstić information content (AvgIpc) is 0.922. The number of nitrogens with two attached hydrogens (primary N) is 1. The van der Waals surface area contributed by atoms with Crippen molar-refractivity contribution in [1.29, 1.82) is 0 Å². The molecule has 0 aromatic heterocycles. The molecule has 0 bridgehead atoms. The number of nitrogens with zero attached hydrogens (tertiary/aromatic N) is 2. The molecular formula is C92H181N8O21PSi4V. The molecule has 127 heavy (non-hydrogen) atoms. The van der Waals surface area contributed by atoms with Gasteiger partial charge in [-0.25, -0.2) is 4.79 Å². The van der Waals surface area contributed by atoms with Crippen LogP contribution >= 0.6 is 8.25 Å². The number of urea groups is 1. The van der Waals surface area contributed by atoms with E-state index in [4.69, 9.17) is 70.1 Å². The summed E-state index contributed by atoms with van der Waals surface area (Å²) in [4.78, 5) is 65.1. The fourth-order valence-corrected chi connectivity index (χ4v) is 22.4. The van der Waals surface area contributed by atoms with Gasteiger partial charge in [0, 0.05) is 38.6 Å². The van der Waals surface area contributed by atoms with E-state index in [-0.39, 0.29) is 110 Å². The minimum absolute atomic E-state index is 0.0216. The van der Waals surface area contributed by atoms with Gasteiger partial charge in [-0.05, 0) is 182 Å². The summed E-state index contributed by atoms with van der Waals surface area (Å²) in [7, 11) is -1.11. The van der Waals surface area contributed by atoms with E-state index >= 15 is 0 Å². The van der Waals surface area contributed by atoms with E-state index in [1.54, 1.807) is 13.1 Å². The number of aliphatic hydroxyl groups excluding tert-OH is 2. The molecule has 5 heterocycles. The molecule has 0 saturated carbocycles. The Morgan fingerprint density at radius 1 is 0.606 bits per heavy atom. The third kappa shape index (κ3) is 48.1. The Hall–Kier alpha value is -1.95. The summed E-state index contributed by atoms with van der Waals surface area (Å²) >= 11 is 1.97. The monoisotopic (exact) mass is 1930 g/mol. The number of amides is 5. The quantitative estimate of drug-likeness (QED) is 0.0121. The van der Waals surface area contributed by atoms with Gasteiger partial charge in [-0.2, -0.15) is 0 Å². The number of carbonyl (C=O) groups excluding carboxylic acids is 4. The Balaban J connectivity index is 0.000000820. The van der Waals surface area contributed by atoms with Crippen LogP contribution in [-0.4, -0.2) is 246 Å². The topological polar surface area (TPSA) is 371 Å². The summed E-state index contributed by atoms with van der Waals surface area (Å²) in [6.07, 6.45) is 20.9. The van der Waals surface area contributed by atoms with Crippen molar-refractivity contribution in [2.24, 2.45) is 57.0 Å². The molecule has 29 nitrogen and oxygen atoms in total. The van der Waals surface area contributed by atoms with E-state index in [9.17, 15) is 38.8 Å². The summed E-state index contributed by atoms with van der Waals surface area (Å²) < 4.78 is 104. The van der Waals surface area contributed by atoms with Crippen LogP contribution in [-0.2, 0) is 96.4 Å². The maximum absolute atomic E-state index is 12.3. The molecule has 741 valence electrons. The summed E-state index contributed by atoms with van der Waals surface area (Å²) in [6, 6.07) is 4.02. The molecule has 4 fully saturated rings. The predicted molar refractivity (Wildman–Crippen MR) is 505 cm³/mol. The van der Waals surface area contributed by atoms with Crippen molar-refractivity contribution in [3.8, 4) is 0 Å². The summed E-state index contributed by atoms with van der Waals surface area (Å²) in [5, 5.41) is 33.7. The summed E-state index contributed by atoms with van der Waals surface area (Å²) in [6.45, 7) is 53.0. The number of unbranched alkanes of at least 4 members (excludes halogenated alkanes) is 6. The van der Waals surface area contributed by atoms with Crippen LogP contribution in [0, 0.1) is 47.3 Å². The van der Waals surface area contributed by atoms with Gasteiger partial charge in [0.25, 0.3) is 0 Å². The van der Waals surface area contributed by atoms with Crippen molar-refractivity contribution in [2.75, 3.05) is 85.9 Å². The molecule has 6 radical (unpaired) electrons. The van der Waals surface area contributed by atoms with Gasteiger partial charge < -0.3 is 83.5 Å². The van der Waals surface area contributed by atoms with Gasteiger partial charge in [0.1, 0.15) is 37.8 Å². The van der Waals surface area contributed by atoms with Crippen LogP contribution in [0.4, 0.5) is 4.79 Å². The normalized spacial score (nSPS) is 26.5. The second kappa shape index (κ2) is 69.8. The van der Waals surface area contributed by atoms with E-state index in [0.29, 0.717) is 109 Å². The number of hydrogen-bond acceptors (Lipinski definition) is 24. The van der Waals surface area contributed by atoms with E-state index in [1.807, 2.05) is 30.4 Å². The predicted octanol–water partition coefficient (Wildman–Crippen LogP) is 15.5. The molecule has 0 aromatic rings. The number of ether oxygens (including phenoxy) is 7. The van der Waals surface area contributed by atoms with Crippen molar-refractivity contribution < 1.29 is 120 Å². The maximum atomic E-state index is 12.3. The number of rotatable bonds is 64. The number of aliphatic hydroxyl groups is 2. The SMILES string of the molecule is CCC(C)C(C)(O[Si](C)(C)CCCN)C(C)CC.CNCCCCCCC1C=CN(C2CC(O[P+](=O)[O-])C(C)O2)C(=O)N1.[3H]C1CC(OCC(=O)NCCCC[Si]OC(C)(C(C)CC)C(C)CC)C(CO[N]=[V])O1.[3H]C1CC(OCC(=O)NCCCC[Si]OC(C)(C(C)CC)C(C)CC)C(O)O1.[3H]C1CC(OCC(=O)NCCCC[Si]OC(C)(C(C)CC)C(C)CC)C(O)O1. The fraction of sp³-hybridized carbons (Fsp3) is 0.935. The first kappa shape index (κ1) is 117. The van der Waals surface area contributed by atoms with E-state index in [0.717, 1.165) is 134 Å². The van der Waals surface area contributed by atoms with Gasteiger partial charge in [-0.1, -0.05) is 194 Å². The van der Waals surface area contributed by atoms with Crippen molar-refractivity contribution in [3.63, 3.8) is 0 Å². The zero-order valence-electron chi connectivity index (χ0n) is 86.0. The van der Waals surface area contributed by atoms with Crippen LogP contribution in [0.3, 0.4) is 0 Å². The van der Waals surface area contributed by atoms with Gasteiger partial charge >= 0.3 is 125 Å². The Bertz CT molecular complexity index is 2940. The van der Waals surface area contributed by atoms with Gasteiger partial charge in [-0.3, -0.25) is 14.5 Å². The van der Waals surface area contributed by atoms with Crippen LogP contribution in [0.1, 0.15) is 304 Å². The molecule has 22 unspecified atom stereocenters. The molecule has 4 saturated heterocycles. The van der Waals surface area contributed by atoms with E-state index in [1.165, 1.54) is 36.6 Å². The third-order valence-electron chi connectivity index (χ3n) is 27.1. The minimum atomic E-state index is -2.93. The first-order valence-corrected chi connectivity index (χ1v) is 56.4. The zero-order valence-corrected chi connectivity index (χ0v) is 89.3. The molecule has 5 amide bonds. The molecule has 5 rings (SSSR count).